The molecular formula is C13H21N3O. The molecule has 4 heteroatoms. The number of Topliss-reactive ketones (excluding diaryl/α,β-unsaturated/α-hetero) is 1. The second-order valence-corrected chi connectivity index (χ2v) is 4.88. The van der Waals surface area contributed by atoms with Gasteiger partial charge < -0.3 is 10.3 Å². The SMILES string of the molecule is CCCn1ccnc1CC(=O)C1CCCC1N. The molecule has 2 rings (SSSR count). The Morgan fingerprint density at radius 1 is 1.59 bits per heavy atom. The summed E-state index contributed by atoms with van der Waals surface area (Å²) in [5.74, 6) is 1.20. The van der Waals surface area contributed by atoms with Crippen LogP contribution in [0.3, 0.4) is 0 Å². The number of hydrogen-bond acceptors (Lipinski definition) is 3. The van der Waals surface area contributed by atoms with Gasteiger partial charge in [0, 0.05) is 30.9 Å². The summed E-state index contributed by atoms with van der Waals surface area (Å²) >= 11 is 0. The normalized spacial score (nSPS) is 24.1. The van der Waals surface area contributed by atoms with Crippen molar-refractivity contribution in [3.63, 3.8) is 0 Å². The Morgan fingerprint density at radius 2 is 2.41 bits per heavy atom. The minimum atomic E-state index is 0.0572. The molecule has 1 aromatic heterocycles. The molecule has 4 nitrogen and oxygen atoms in total. The van der Waals surface area contributed by atoms with E-state index in [1.807, 2.05) is 6.20 Å². The van der Waals surface area contributed by atoms with Gasteiger partial charge in [-0.15, -0.1) is 0 Å². The number of ketones is 1. The van der Waals surface area contributed by atoms with Gasteiger partial charge in [0.05, 0.1) is 6.42 Å². The third-order valence-corrected chi connectivity index (χ3v) is 3.58. The lowest BCUT2D eigenvalue weighted by Gasteiger charge is -2.14. The number of aryl methyl sites for hydroxylation is 1. The Balaban J connectivity index is 2.00. The van der Waals surface area contributed by atoms with Gasteiger partial charge in [-0.3, -0.25) is 4.79 Å². The summed E-state index contributed by atoms with van der Waals surface area (Å²) in [4.78, 5) is 16.4. The van der Waals surface area contributed by atoms with Gasteiger partial charge in [-0.1, -0.05) is 13.3 Å². The predicted molar refractivity (Wildman–Crippen MR) is 66.5 cm³/mol. The van der Waals surface area contributed by atoms with Crippen molar-refractivity contribution in [3.8, 4) is 0 Å². The fraction of sp³-hybridized carbons (Fsp3) is 0.692. The molecule has 1 fully saturated rings. The summed E-state index contributed by atoms with van der Waals surface area (Å²) in [5, 5.41) is 0. The van der Waals surface area contributed by atoms with Crippen LogP contribution >= 0.6 is 0 Å². The van der Waals surface area contributed by atoms with Crippen molar-refractivity contribution in [3.05, 3.63) is 18.2 Å². The van der Waals surface area contributed by atoms with Gasteiger partial charge in [0.2, 0.25) is 0 Å². The standard InChI is InChI=1S/C13H21N3O/c1-2-7-16-8-6-15-13(16)9-12(17)10-4-3-5-11(10)14/h6,8,10-11H,2-5,7,9,14H2,1H3. The minimum Gasteiger partial charge on any atom is -0.335 e. The molecule has 1 heterocycles. The molecule has 2 N–H and O–H groups in total. The molecule has 1 aliphatic carbocycles. The van der Waals surface area contributed by atoms with Crippen LogP contribution in [0.5, 0.6) is 0 Å². The molecule has 0 bridgehead atoms. The molecule has 2 atom stereocenters. The van der Waals surface area contributed by atoms with Gasteiger partial charge >= 0.3 is 0 Å². The van der Waals surface area contributed by atoms with E-state index >= 15 is 0 Å². The first kappa shape index (κ1) is 12.3. The van der Waals surface area contributed by atoms with Crippen LogP contribution in [0.4, 0.5) is 0 Å². The van der Waals surface area contributed by atoms with Crippen LogP contribution in [-0.2, 0) is 17.8 Å². The number of nitrogens with zero attached hydrogens (tertiary/aromatic N) is 2. The summed E-state index contributed by atoms with van der Waals surface area (Å²) in [6.45, 7) is 3.05. The third kappa shape index (κ3) is 2.75. The van der Waals surface area contributed by atoms with E-state index in [2.05, 4.69) is 16.5 Å². The van der Waals surface area contributed by atoms with Crippen LogP contribution < -0.4 is 5.73 Å². The Morgan fingerprint density at radius 3 is 3.06 bits per heavy atom. The Kier molecular flexibility index (Phi) is 3.94. The van der Waals surface area contributed by atoms with Crippen molar-refractivity contribution >= 4 is 5.78 Å². The van der Waals surface area contributed by atoms with Gasteiger partial charge in [0.25, 0.3) is 0 Å². The molecule has 1 saturated carbocycles. The maximum atomic E-state index is 12.1. The summed E-state index contributed by atoms with van der Waals surface area (Å²) in [6, 6.07) is 0.0667. The van der Waals surface area contributed by atoms with Gasteiger partial charge in [-0.05, 0) is 19.3 Å². The van der Waals surface area contributed by atoms with Crippen molar-refractivity contribution in [2.45, 2.75) is 51.6 Å². The van der Waals surface area contributed by atoms with Crippen molar-refractivity contribution < 1.29 is 4.79 Å². The molecule has 2 unspecified atom stereocenters. The quantitative estimate of drug-likeness (QED) is 0.842. The first-order valence-corrected chi connectivity index (χ1v) is 6.50. The van der Waals surface area contributed by atoms with E-state index in [4.69, 9.17) is 5.73 Å². The summed E-state index contributed by atoms with van der Waals surface area (Å²) < 4.78 is 2.07. The van der Waals surface area contributed by atoms with Crippen molar-refractivity contribution in [1.29, 1.82) is 0 Å². The molecule has 1 aliphatic rings. The zero-order valence-electron chi connectivity index (χ0n) is 10.4. The second-order valence-electron chi connectivity index (χ2n) is 4.88. The number of aromatic nitrogens is 2. The van der Waals surface area contributed by atoms with E-state index in [1.54, 1.807) is 6.20 Å². The van der Waals surface area contributed by atoms with E-state index < -0.39 is 0 Å². The lowest BCUT2D eigenvalue weighted by atomic mass is 9.96. The summed E-state index contributed by atoms with van der Waals surface area (Å²) in [7, 11) is 0. The monoisotopic (exact) mass is 235 g/mol. The maximum absolute atomic E-state index is 12.1. The average Bonchev–Trinajstić information content (AvgIpc) is 2.89. The van der Waals surface area contributed by atoms with Crippen molar-refractivity contribution in [2.75, 3.05) is 0 Å². The molecule has 0 aromatic carbocycles. The Bertz CT molecular complexity index is 386. The molecule has 0 amide bonds. The first-order chi connectivity index (χ1) is 8.22. The highest BCUT2D eigenvalue weighted by Gasteiger charge is 2.30. The number of hydrogen-bond donors (Lipinski definition) is 1. The van der Waals surface area contributed by atoms with E-state index in [9.17, 15) is 4.79 Å². The van der Waals surface area contributed by atoms with Crippen LogP contribution in [0.15, 0.2) is 12.4 Å². The average molecular weight is 235 g/mol. The highest BCUT2D eigenvalue weighted by Crippen LogP contribution is 2.25. The van der Waals surface area contributed by atoms with Gasteiger partial charge in [0.1, 0.15) is 11.6 Å². The molecule has 0 saturated heterocycles. The van der Waals surface area contributed by atoms with Gasteiger partial charge in [0.15, 0.2) is 0 Å². The highest BCUT2D eigenvalue weighted by molar-refractivity contribution is 5.83. The Hall–Kier alpha value is -1.16. The number of carbonyl (C=O) groups is 1. The minimum absolute atomic E-state index is 0.0572. The highest BCUT2D eigenvalue weighted by atomic mass is 16.1. The number of nitrogens with two attached hydrogens (primary N) is 1. The van der Waals surface area contributed by atoms with Crippen LogP contribution in [0.1, 0.15) is 38.4 Å². The maximum Gasteiger partial charge on any atom is 0.145 e. The zero-order chi connectivity index (χ0) is 12.3. The molecule has 0 aliphatic heterocycles. The van der Waals surface area contributed by atoms with Gasteiger partial charge in [-0.25, -0.2) is 4.98 Å². The largest absolute Gasteiger partial charge is 0.335 e. The summed E-state index contributed by atoms with van der Waals surface area (Å²) in [5.41, 5.74) is 5.96. The molecule has 94 valence electrons. The lowest BCUT2D eigenvalue weighted by Crippen LogP contribution is -2.32. The summed E-state index contributed by atoms with van der Waals surface area (Å²) in [6.07, 6.45) is 8.23. The van der Waals surface area contributed by atoms with E-state index in [-0.39, 0.29) is 17.7 Å². The van der Waals surface area contributed by atoms with E-state index in [0.717, 1.165) is 38.1 Å². The van der Waals surface area contributed by atoms with Crippen molar-refractivity contribution in [1.82, 2.24) is 9.55 Å². The fourth-order valence-electron chi connectivity index (χ4n) is 2.63. The van der Waals surface area contributed by atoms with Crippen LogP contribution in [0.2, 0.25) is 0 Å². The zero-order valence-corrected chi connectivity index (χ0v) is 10.4. The van der Waals surface area contributed by atoms with Crippen LogP contribution in [0.25, 0.3) is 0 Å². The van der Waals surface area contributed by atoms with E-state index in [1.165, 1.54) is 0 Å². The number of imidazole rings is 1. The predicted octanol–water partition coefficient (Wildman–Crippen LogP) is 1.53. The second kappa shape index (κ2) is 5.45. The molecular weight excluding hydrogens is 214 g/mol. The van der Waals surface area contributed by atoms with Crippen LogP contribution in [0, 0.1) is 5.92 Å². The Labute approximate surface area is 102 Å². The van der Waals surface area contributed by atoms with Gasteiger partial charge in [-0.2, -0.15) is 0 Å². The van der Waals surface area contributed by atoms with E-state index in [0.29, 0.717) is 6.42 Å². The first-order valence-electron chi connectivity index (χ1n) is 6.50. The number of carbonyl (C=O) groups excluding carboxylic acids is 1. The fourth-order valence-corrected chi connectivity index (χ4v) is 2.63. The molecule has 1 aromatic rings. The van der Waals surface area contributed by atoms with Crippen LogP contribution in [-0.4, -0.2) is 21.4 Å². The molecule has 0 radical (unpaired) electrons. The lowest BCUT2D eigenvalue weighted by molar-refractivity contribution is -0.122. The topological polar surface area (TPSA) is 60.9 Å². The molecule has 0 spiro atoms. The van der Waals surface area contributed by atoms with Crippen molar-refractivity contribution in [2.24, 2.45) is 11.7 Å². The number of rotatable bonds is 5. The third-order valence-electron chi connectivity index (χ3n) is 3.58. The smallest absolute Gasteiger partial charge is 0.145 e. The molecule has 17 heavy (non-hydrogen) atoms.